The third-order valence-corrected chi connectivity index (χ3v) is 6.09. The molecule has 0 fully saturated rings. The quantitative estimate of drug-likeness (QED) is 0.371. The predicted octanol–water partition coefficient (Wildman–Crippen LogP) is 4.89. The lowest BCUT2D eigenvalue weighted by molar-refractivity contribution is 0.373. The highest BCUT2D eigenvalue weighted by atomic mass is 32.1. The maximum absolute atomic E-state index is 9.85. The highest BCUT2D eigenvalue weighted by Crippen LogP contribution is 2.40. The van der Waals surface area contributed by atoms with E-state index in [1.165, 1.54) is 23.9 Å². The molecule has 0 aliphatic rings. The van der Waals surface area contributed by atoms with E-state index >= 15 is 0 Å². The zero-order valence-electron chi connectivity index (χ0n) is 14.6. The number of benzene rings is 1. The summed E-state index contributed by atoms with van der Waals surface area (Å²) in [5.41, 5.74) is 7.00. The number of methoxy groups -OCH3 is 1. The number of aromatic hydroxyl groups is 1. The molecule has 1 aromatic carbocycles. The van der Waals surface area contributed by atoms with Gasteiger partial charge in [0.15, 0.2) is 17.3 Å². The van der Waals surface area contributed by atoms with Crippen LogP contribution in [0.5, 0.6) is 11.5 Å². The average molecular weight is 396 g/mol. The molecule has 0 aliphatic heterocycles. The summed E-state index contributed by atoms with van der Waals surface area (Å²) in [6.45, 7) is 2.08. The van der Waals surface area contributed by atoms with Gasteiger partial charge in [-0.15, -0.1) is 11.3 Å². The Kier molecular flexibility index (Phi) is 4.74. The van der Waals surface area contributed by atoms with Crippen molar-refractivity contribution in [2.45, 2.75) is 6.92 Å². The van der Waals surface area contributed by atoms with Crippen LogP contribution in [0.3, 0.4) is 0 Å². The van der Waals surface area contributed by atoms with Crippen molar-refractivity contribution in [3.05, 3.63) is 52.5 Å². The molecule has 0 radical (unpaired) electrons. The van der Waals surface area contributed by atoms with Gasteiger partial charge in [0.2, 0.25) is 0 Å². The second kappa shape index (κ2) is 7.34. The van der Waals surface area contributed by atoms with Crippen LogP contribution >= 0.6 is 22.7 Å². The molecule has 0 amide bonds. The number of nitrogens with one attached hydrogen (secondary N) is 1. The van der Waals surface area contributed by atoms with E-state index in [-0.39, 0.29) is 5.75 Å². The maximum atomic E-state index is 9.85. The van der Waals surface area contributed by atoms with Gasteiger partial charge < -0.3 is 9.84 Å². The second-order valence-electron chi connectivity index (χ2n) is 5.77. The standard InChI is InChI=1S/C19H16N4O2S2/c1-11-16-18(27-17(11)13-5-6-26-9-13)19(21-10-20-16)23-22-8-12-3-4-15(25-2)14(24)7-12/h3-10,24H,1-2H3,(H,20,21,23). The number of hydrazone groups is 1. The molecule has 0 unspecified atom stereocenters. The predicted molar refractivity (Wildman–Crippen MR) is 111 cm³/mol. The lowest BCUT2D eigenvalue weighted by atomic mass is 10.2. The molecule has 0 aliphatic carbocycles. The Morgan fingerprint density at radius 1 is 1.26 bits per heavy atom. The van der Waals surface area contributed by atoms with Crippen molar-refractivity contribution in [1.29, 1.82) is 0 Å². The van der Waals surface area contributed by atoms with Crippen LogP contribution in [0, 0.1) is 6.92 Å². The fraction of sp³-hybridized carbons (Fsp3) is 0.105. The zero-order chi connectivity index (χ0) is 18.8. The van der Waals surface area contributed by atoms with E-state index < -0.39 is 0 Å². The zero-order valence-corrected chi connectivity index (χ0v) is 16.3. The SMILES string of the molecule is COc1ccc(C=NNc2ncnc3c(C)c(-c4ccsc4)sc23)cc1O. The Balaban J connectivity index is 1.62. The molecule has 8 heteroatoms. The summed E-state index contributed by atoms with van der Waals surface area (Å²) in [6, 6.07) is 7.19. The number of aryl methyl sites for hydroxylation is 1. The van der Waals surface area contributed by atoms with Gasteiger partial charge in [-0.05, 0) is 53.1 Å². The molecule has 0 atom stereocenters. The number of fused-ring (bicyclic) bond motifs is 1. The fourth-order valence-corrected chi connectivity index (χ4v) is 4.65. The second-order valence-corrected chi connectivity index (χ2v) is 7.57. The molecular weight excluding hydrogens is 380 g/mol. The summed E-state index contributed by atoms with van der Waals surface area (Å²) in [5.74, 6) is 1.15. The third kappa shape index (κ3) is 3.36. The number of nitrogens with zero attached hydrogens (tertiary/aromatic N) is 3. The van der Waals surface area contributed by atoms with Crippen LogP contribution < -0.4 is 10.2 Å². The summed E-state index contributed by atoms with van der Waals surface area (Å²) >= 11 is 3.33. The van der Waals surface area contributed by atoms with Crippen molar-refractivity contribution < 1.29 is 9.84 Å². The maximum Gasteiger partial charge on any atom is 0.167 e. The Hall–Kier alpha value is -2.97. The van der Waals surface area contributed by atoms with Crippen LogP contribution in [0.1, 0.15) is 11.1 Å². The van der Waals surface area contributed by atoms with Crippen LogP contribution in [-0.4, -0.2) is 28.4 Å². The molecule has 4 aromatic rings. The lowest BCUT2D eigenvalue weighted by Crippen LogP contribution is -1.95. The van der Waals surface area contributed by atoms with Crippen molar-refractivity contribution in [3.63, 3.8) is 0 Å². The summed E-state index contributed by atoms with van der Waals surface area (Å²) in [4.78, 5) is 9.95. The topological polar surface area (TPSA) is 79.6 Å². The molecule has 2 N–H and O–H groups in total. The first-order chi connectivity index (χ1) is 13.2. The van der Waals surface area contributed by atoms with E-state index in [0.717, 1.165) is 21.3 Å². The minimum Gasteiger partial charge on any atom is -0.504 e. The smallest absolute Gasteiger partial charge is 0.167 e. The first kappa shape index (κ1) is 17.4. The first-order valence-electron chi connectivity index (χ1n) is 8.10. The summed E-state index contributed by atoms with van der Waals surface area (Å²) in [5, 5.41) is 18.3. The van der Waals surface area contributed by atoms with Gasteiger partial charge in [-0.25, -0.2) is 9.97 Å². The largest absolute Gasteiger partial charge is 0.504 e. The number of rotatable bonds is 5. The summed E-state index contributed by atoms with van der Waals surface area (Å²) < 4.78 is 6.00. The minimum absolute atomic E-state index is 0.0696. The van der Waals surface area contributed by atoms with Crippen molar-refractivity contribution in [1.82, 2.24) is 9.97 Å². The van der Waals surface area contributed by atoms with E-state index in [0.29, 0.717) is 11.6 Å². The minimum atomic E-state index is 0.0696. The Morgan fingerprint density at radius 3 is 2.89 bits per heavy atom. The molecule has 0 spiro atoms. The monoisotopic (exact) mass is 396 g/mol. The van der Waals surface area contributed by atoms with Gasteiger partial charge in [-0.1, -0.05) is 0 Å². The fourth-order valence-electron chi connectivity index (χ4n) is 2.73. The number of phenolic OH excluding ortho intramolecular Hbond substituents is 1. The van der Waals surface area contributed by atoms with Gasteiger partial charge in [0.1, 0.15) is 6.33 Å². The van der Waals surface area contributed by atoms with Gasteiger partial charge in [-0.3, -0.25) is 5.43 Å². The molecule has 6 nitrogen and oxygen atoms in total. The van der Waals surface area contributed by atoms with Gasteiger partial charge in [0.25, 0.3) is 0 Å². The van der Waals surface area contributed by atoms with Crippen LogP contribution in [0.15, 0.2) is 46.5 Å². The van der Waals surface area contributed by atoms with Crippen LogP contribution in [0.25, 0.3) is 20.7 Å². The molecule has 3 heterocycles. The summed E-state index contributed by atoms with van der Waals surface area (Å²) in [6.07, 6.45) is 3.16. The number of anilines is 1. The van der Waals surface area contributed by atoms with Crippen molar-refractivity contribution in [3.8, 4) is 21.9 Å². The highest BCUT2D eigenvalue weighted by Gasteiger charge is 2.15. The Labute approximate surface area is 163 Å². The van der Waals surface area contributed by atoms with Gasteiger partial charge in [0.05, 0.1) is 23.5 Å². The molecule has 4 rings (SSSR count). The molecular formula is C19H16N4O2S2. The van der Waals surface area contributed by atoms with E-state index in [1.54, 1.807) is 41.0 Å². The molecule has 0 saturated heterocycles. The van der Waals surface area contributed by atoms with E-state index in [2.05, 4.69) is 44.2 Å². The number of hydrogen-bond donors (Lipinski definition) is 2. The number of aromatic nitrogens is 2. The van der Waals surface area contributed by atoms with E-state index in [4.69, 9.17) is 4.74 Å². The third-order valence-electron chi connectivity index (χ3n) is 4.07. The highest BCUT2D eigenvalue weighted by molar-refractivity contribution is 7.23. The molecule has 3 aromatic heterocycles. The van der Waals surface area contributed by atoms with Crippen LogP contribution in [0.4, 0.5) is 5.82 Å². The van der Waals surface area contributed by atoms with E-state index in [1.807, 2.05) is 6.07 Å². The molecule has 0 bridgehead atoms. The molecule has 0 saturated carbocycles. The number of thiophene rings is 2. The first-order valence-corrected chi connectivity index (χ1v) is 9.86. The summed E-state index contributed by atoms with van der Waals surface area (Å²) in [7, 11) is 1.51. The Bertz CT molecular complexity index is 1120. The number of ether oxygens (including phenoxy) is 1. The number of phenols is 1. The Morgan fingerprint density at radius 2 is 2.15 bits per heavy atom. The van der Waals surface area contributed by atoms with Crippen molar-refractivity contribution in [2.24, 2.45) is 5.10 Å². The van der Waals surface area contributed by atoms with Crippen molar-refractivity contribution >= 4 is 44.9 Å². The molecule has 136 valence electrons. The van der Waals surface area contributed by atoms with Gasteiger partial charge in [-0.2, -0.15) is 16.4 Å². The molecule has 27 heavy (non-hydrogen) atoms. The normalized spacial score (nSPS) is 11.3. The lowest BCUT2D eigenvalue weighted by Gasteiger charge is -2.03. The van der Waals surface area contributed by atoms with Crippen LogP contribution in [-0.2, 0) is 0 Å². The van der Waals surface area contributed by atoms with Crippen molar-refractivity contribution in [2.75, 3.05) is 12.5 Å². The van der Waals surface area contributed by atoms with E-state index in [9.17, 15) is 5.11 Å². The van der Waals surface area contributed by atoms with Gasteiger partial charge >= 0.3 is 0 Å². The van der Waals surface area contributed by atoms with Crippen LogP contribution in [0.2, 0.25) is 0 Å². The van der Waals surface area contributed by atoms with Gasteiger partial charge in [0, 0.05) is 10.4 Å². The average Bonchev–Trinajstić information content (AvgIpc) is 3.31. The number of hydrogen-bond acceptors (Lipinski definition) is 8.